The molecule has 2 amide bonds. The first kappa shape index (κ1) is 18.5. The molecule has 1 fully saturated rings. The molecule has 0 bridgehead atoms. The summed E-state index contributed by atoms with van der Waals surface area (Å²) in [7, 11) is 1.98. The Morgan fingerprint density at radius 2 is 2.06 bits per heavy atom. The lowest BCUT2D eigenvalue weighted by Gasteiger charge is -2.29. The van der Waals surface area contributed by atoms with E-state index in [9.17, 15) is 9.59 Å². The summed E-state index contributed by atoms with van der Waals surface area (Å²) in [6, 6.07) is 7.56. The molecular weight excluding hydrogens is 430 g/mol. The second kappa shape index (κ2) is 8.48. The minimum atomic E-state index is -2.66. The zero-order valence-electron chi connectivity index (χ0n) is 22.3. The Bertz CT molecular complexity index is 1380. The summed E-state index contributed by atoms with van der Waals surface area (Å²) in [5, 5.41) is 12.9. The number of aromatic nitrogens is 3. The van der Waals surface area contributed by atoms with Gasteiger partial charge in [-0.3, -0.25) is 14.3 Å². The predicted octanol–water partition coefficient (Wildman–Crippen LogP) is 3.93. The van der Waals surface area contributed by atoms with Crippen LogP contribution in [0.5, 0.6) is 0 Å². The van der Waals surface area contributed by atoms with Gasteiger partial charge in [0.15, 0.2) is 0 Å². The van der Waals surface area contributed by atoms with Gasteiger partial charge in [0.25, 0.3) is 5.91 Å². The summed E-state index contributed by atoms with van der Waals surface area (Å²) in [5.74, 6) is -0.665. The van der Waals surface area contributed by atoms with Crippen LogP contribution in [-0.4, -0.2) is 40.6 Å². The first-order valence-electron chi connectivity index (χ1n) is 12.8. The molecule has 0 unspecified atom stereocenters. The highest BCUT2D eigenvalue weighted by atomic mass is 16.2. The lowest BCUT2D eigenvalue weighted by Crippen LogP contribution is -2.23. The predicted molar refractivity (Wildman–Crippen MR) is 132 cm³/mol. The molecular formula is C25H29N7O2. The summed E-state index contributed by atoms with van der Waals surface area (Å²) in [6.45, 7) is 2.15. The molecule has 2 aromatic heterocycles. The molecule has 3 aromatic rings. The van der Waals surface area contributed by atoms with E-state index < -0.39 is 12.9 Å². The first-order chi connectivity index (χ1) is 17.5. The van der Waals surface area contributed by atoms with Crippen LogP contribution in [0, 0.1) is 5.92 Å². The van der Waals surface area contributed by atoms with E-state index in [0.717, 1.165) is 35.3 Å². The van der Waals surface area contributed by atoms with E-state index in [0.29, 0.717) is 17.9 Å². The van der Waals surface area contributed by atoms with Crippen molar-refractivity contribution in [3.8, 4) is 11.3 Å². The molecule has 1 saturated carbocycles. The average molecular weight is 463 g/mol. The highest BCUT2D eigenvalue weighted by Crippen LogP contribution is 2.43. The van der Waals surface area contributed by atoms with Crippen LogP contribution >= 0.6 is 0 Å². The van der Waals surface area contributed by atoms with Gasteiger partial charge in [0.1, 0.15) is 5.82 Å². The van der Waals surface area contributed by atoms with Crippen molar-refractivity contribution >= 4 is 34.7 Å². The summed E-state index contributed by atoms with van der Waals surface area (Å²) in [5.41, 5.74) is 4.93. The third-order valence-electron chi connectivity index (χ3n) is 6.15. The highest BCUT2D eigenvalue weighted by molar-refractivity contribution is 6.02. The number of anilines is 4. The Labute approximate surface area is 202 Å². The van der Waals surface area contributed by atoms with Crippen LogP contribution in [0.2, 0.25) is 0 Å². The maximum absolute atomic E-state index is 12.8. The van der Waals surface area contributed by atoms with Crippen molar-refractivity contribution in [2.24, 2.45) is 5.92 Å². The molecule has 3 N–H and O–H groups in total. The van der Waals surface area contributed by atoms with E-state index in [4.69, 9.17) is 9.21 Å². The number of nitrogens with one attached hydrogen (secondary N) is 3. The van der Waals surface area contributed by atoms with Crippen molar-refractivity contribution in [2.45, 2.75) is 39.3 Å². The number of fused-ring (bicyclic) bond motifs is 3. The van der Waals surface area contributed by atoms with Crippen LogP contribution in [-0.2, 0) is 11.3 Å². The summed E-state index contributed by atoms with van der Waals surface area (Å²) >= 11 is 0. The lowest BCUT2D eigenvalue weighted by molar-refractivity contribution is -0.117. The zero-order valence-corrected chi connectivity index (χ0v) is 19.3. The number of hydrogen-bond acceptors (Lipinski definition) is 6. The maximum atomic E-state index is 12.8. The molecule has 1 aliphatic heterocycles. The van der Waals surface area contributed by atoms with Crippen molar-refractivity contribution < 1.29 is 13.7 Å². The van der Waals surface area contributed by atoms with E-state index >= 15 is 0 Å². The second-order valence-electron chi connectivity index (χ2n) is 9.09. The fourth-order valence-corrected chi connectivity index (χ4v) is 4.21. The number of pyridine rings is 1. The number of hydrogen-bond donors (Lipinski definition) is 3. The molecule has 9 nitrogen and oxygen atoms in total. The maximum Gasteiger partial charge on any atom is 0.254 e. The minimum Gasteiger partial charge on any atom is -0.368 e. The van der Waals surface area contributed by atoms with Gasteiger partial charge in [-0.2, -0.15) is 5.10 Å². The van der Waals surface area contributed by atoms with Gasteiger partial charge >= 0.3 is 0 Å². The van der Waals surface area contributed by atoms with Crippen LogP contribution in [0.25, 0.3) is 11.3 Å². The molecule has 1 aromatic carbocycles. The average Bonchev–Trinajstić information content (AvgIpc) is 3.57. The van der Waals surface area contributed by atoms with Gasteiger partial charge in [-0.25, -0.2) is 4.98 Å². The van der Waals surface area contributed by atoms with Crippen molar-refractivity contribution in [3.63, 3.8) is 0 Å². The summed E-state index contributed by atoms with van der Waals surface area (Å²) < 4.78 is 24.2. The SMILES string of the molecule is [2H]C([2H])([2H])NC(=O)c1cnc(NC(=O)C2CC2)cc1Nc1cccc2c1N(C)Cc1cn(C(C)C)nc1-2. The molecule has 0 spiro atoms. The second-order valence-corrected chi connectivity index (χ2v) is 9.09. The monoisotopic (exact) mass is 462 g/mol. The van der Waals surface area contributed by atoms with E-state index in [-0.39, 0.29) is 29.2 Å². The van der Waals surface area contributed by atoms with Crippen LogP contribution < -0.4 is 20.9 Å². The Kier molecular flexibility index (Phi) is 4.62. The van der Waals surface area contributed by atoms with Gasteiger partial charge < -0.3 is 20.9 Å². The topological polar surface area (TPSA) is 104 Å². The number of carbonyl (C=O) groups excluding carboxylic acids is 2. The van der Waals surface area contributed by atoms with Crippen LogP contribution in [0.4, 0.5) is 22.9 Å². The molecule has 9 heteroatoms. The molecule has 0 radical (unpaired) electrons. The third-order valence-corrected chi connectivity index (χ3v) is 6.15. The Morgan fingerprint density at radius 1 is 1.24 bits per heavy atom. The number of rotatable bonds is 6. The van der Waals surface area contributed by atoms with Crippen molar-refractivity contribution in [1.82, 2.24) is 20.1 Å². The Hall–Kier alpha value is -3.88. The van der Waals surface area contributed by atoms with Gasteiger partial charge in [0.2, 0.25) is 5.91 Å². The standard InChI is InChI=1S/C25H29N7O2/c1-14(2)32-13-16-12-31(4)23-17(22(16)30-32)6-5-7-19(23)28-20-10-21(29-24(33)15-8-9-15)27-11-18(20)25(34)26-3/h5-7,10-11,13-15H,8-9,12H2,1-4H3,(H,26,34)(H2,27,28,29,33)/i3D3. The van der Waals surface area contributed by atoms with Crippen LogP contribution in [0.15, 0.2) is 36.7 Å². The molecule has 2 aliphatic rings. The van der Waals surface area contributed by atoms with Crippen molar-refractivity contribution in [1.29, 1.82) is 0 Å². The molecule has 176 valence electrons. The smallest absolute Gasteiger partial charge is 0.254 e. The largest absolute Gasteiger partial charge is 0.368 e. The summed E-state index contributed by atoms with van der Waals surface area (Å²) in [4.78, 5) is 31.5. The summed E-state index contributed by atoms with van der Waals surface area (Å²) in [6.07, 6.45) is 5.02. The van der Waals surface area contributed by atoms with E-state index in [1.807, 2.05) is 35.2 Å². The van der Waals surface area contributed by atoms with Gasteiger partial charge in [-0.1, -0.05) is 12.1 Å². The Morgan fingerprint density at radius 3 is 2.79 bits per heavy atom. The number of carbonyl (C=O) groups is 2. The number of nitrogens with zero attached hydrogens (tertiary/aromatic N) is 4. The minimum absolute atomic E-state index is 0.0219. The normalized spacial score (nSPS) is 16.1. The molecule has 1 aliphatic carbocycles. The number of benzene rings is 1. The highest BCUT2D eigenvalue weighted by Gasteiger charge is 2.30. The quantitative estimate of drug-likeness (QED) is 0.513. The molecule has 0 atom stereocenters. The van der Waals surface area contributed by atoms with Crippen LogP contribution in [0.1, 0.15) is 52.8 Å². The van der Waals surface area contributed by atoms with Gasteiger partial charge in [0, 0.05) is 66.2 Å². The van der Waals surface area contributed by atoms with E-state index in [1.54, 1.807) is 6.07 Å². The molecule has 34 heavy (non-hydrogen) atoms. The van der Waals surface area contributed by atoms with Gasteiger partial charge in [-0.15, -0.1) is 0 Å². The Balaban J connectivity index is 1.54. The third kappa shape index (κ3) is 3.98. The first-order valence-corrected chi connectivity index (χ1v) is 11.3. The molecule has 5 rings (SSSR count). The van der Waals surface area contributed by atoms with Crippen LogP contribution in [0.3, 0.4) is 0 Å². The van der Waals surface area contributed by atoms with Gasteiger partial charge in [0.05, 0.1) is 28.3 Å². The lowest BCUT2D eigenvalue weighted by atomic mass is 9.99. The van der Waals surface area contributed by atoms with E-state index in [1.165, 1.54) is 6.20 Å². The zero-order chi connectivity index (χ0) is 26.5. The fourth-order valence-electron chi connectivity index (χ4n) is 4.21. The van der Waals surface area contributed by atoms with E-state index in [2.05, 4.69) is 40.6 Å². The van der Waals surface area contributed by atoms with Crippen molar-refractivity contribution in [2.75, 3.05) is 29.6 Å². The van der Waals surface area contributed by atoms with Crippen molar-refractivity contribution in [3.05, 3.63) is 47.8 Å². The number of para-hydroxylation sites is 1. The molecule has 0 saturated heterocycles. The van der Waals surface area contributed by atoms with Gasteiger partial charge in [-0.05, 0) is 32.8 Å². The number of amides is 2. The molecule has 3 heterocycles. The fraction of sp³-hybridized carbons (Fsp3) is 0.360.